The maximum atomic E-state index is 3.95. The molecule has 0 N–H and O–H groups in total. The van der Waals surface area contributed by atoms with Crippen molar-refractivity contribution in [3.8, 4) is 0 Å². The van der Waals surface area contributed by atoms with E-state index in [2.05, 4.69) is 44.2 Å². The summed E-state index contributed by atoms with van der Waals surface area (Å²) < 4.78 is 0. The molecule has 11 heavy (non-hydrogen) atoms. The molecule has 0 heteroatoms. The summed E-state index contributed by atoms with van der Waals surface area (Å²) >= 11 is 0. The molecular formula is C11H15. The van der Waals surface area contributed by atoms with Crippen LogP contribution in [-0.2, 0) is 6.42 Å². The van der Waals surface area contributed by atoms with E-state index in [0.29, 0.717) is 5.92 Å². The van der Waals surface area contributed by atoms with Gasteiger partial charge in [0.25, 0.3) is 0 Å². The summed E-state index contributed by atoms with van der Waals surface area (Å²) in [5, 5.41) is 0. The van der Waals surface area contributed by atoms with E-state index in [1.54, 1.807) is 0 Å². The van der Waals surface area contributed by atoms with Gasteiger partial charge in [-0.25, -0.2) is 0 Å². The molecule has 0 bridgehead atoms. The van der Waals surface area contributed by atoms with E-state index >= 15 is 0 Å². The lowest BCUT2D eigenvalue weighted by molar-refractivity contribution is 0.644. The van der Waals surface area contributed by atoms with Crippen LogP contribution in [0, 0.1) is 12.8 Å². The Bertz CT molecular complexity index is 186. The summed E-state index contributed by atoms with van der Waals surface area (Å²) in [6.07, 6.45) is 2.34. The lowest BCUT2D eigenvalue weighted by Crippen LogP contribution is -1.91. The molecule has 0 fully saturated rings. The maximum absolute atomic E-state index is 3.95. The van der Waals surface area contributed by atoms with E-state index in [9.17, 15) is 0 Å². The Labute approximate surface area is 69.3 Å². The third-order valence-electron chi connectivity index (χ3n) is 1.77. The summed E-state index contributed by atoms with van der Waals surface area (Å²) in [5.74, 6) is 0.565. The highest BCUT2D eigenvalue weighted by Gasteiger charge is 1.94. The Morgan fingerprint density at radius 3 is 2.45 bits per heavy atom. The summed E-state index contributed by atoms with van der Waals surface area (Å²) in [7, 11) is 0. The van der Waals surface area contributed by atoms with Gasteiger partial charge in [0, 0.05) is 0 Å². The Balaban J connectivity index is 2.39. The van der Waals surface area contributed by atoms with Crippen LogP contribution >= 0.6 is 0 Å². The fourth-order valence-electron chi connectivity index (χ4n) is 1.06. The van der Waals surface area contributed by atoms with Gasteiger partial charge in [0.2, 0.25) is 0 Å². The van der Waals surface area contributed by atoms with Crippen LogP contribution in [-0.4, -0.2) is 0 Å². The average Bonchev–Trinajstić information content (AvgIpc) is 2.03. The van der Waals surface area contributed by atoms with E-state index < -0.39 is 0 Å². The molecule has 0 aliphatic heterocycles. The zero-order valence-corrected chi connectivity index (χ0v) is 7.09. The van der Waals surface area contributed by atoms with Gasteiger partial charge in [-0.2, -0.15) is 0 Å². The van der Waals surface area contributed by atoms with Gasteiger partial charge in [-0.3, -0.25) is 0 Å². The largest absolute Gasteiger partial charge is 0.0625 e. The molecule has 1 rings (SSSR count). The summed E-state index contributed by atoms with van der Waals surface area (Å²) in [6.45, 7) is 6.11. The Morgan fingerprint density at radius 2 is 1.91 bits per heavy atom. The predicted molar refractivity (Wildman–Crippen MR) is 49.3 cm³/mol. The van der Waals surface area contributed by atoms with Crippen LogP contribution in [0.2, 0.25) is 0 Å². The first kappa shape index (κ1) is 8.32. The first-order valence-corrected chi connectivity index (χ1v) is 4.16. The van der Waals surface area contributed by atoms with Gasteiger partial charge in [0.1, 0.15) is 0 Å². The molecule has 0 aromatic heterocycles. The standard InChI is InChI=1S/C11H15/c1-10(2)8-9-11-6-4-3-5-7-11/h3-7,10H,1,8-9H2,2H3. The highest BCUT2D eigenvalue weighted by molar-refractivity contribution is 5.14. The number of hydrogen-bond acceptors (Lipinski definition) is 0. The topological polar surface area (TPSA) is 0 Å². The second-order valence-corrected chi connectivity index (χ2v) is 3.13. The molecule has 0 spiro atoms. The summed E-state index contributed by atoms with van der Waals surface area (Å²) in [4.78, 5) is 0. The van der Waals surface area contributed by atoms with Crippen molar-refractivity contribution in [3.63, 3.8) is 0 Å². The molecule has 1 radical (unpaired) electrons. The molecule has 0 saturated carbocycles. The lowest BCUT2D eigenvalue weighted by atomic mass is 10.0. The predicted octanol–water partition coefficient (Wildman–Crippen LogP) is 3.09. The molecule has 1 aromatic carbocycles. The molecule has 1 unspecified atom stereocenters. The lowest BCUT2D eigenvalue weighted by Gasteiger charge is -2.03. The molecule has 1 atom stereocenters. The van der Waals surface area contributed by atoms with Crippen molar-refractivity contribution < 1.29 is 0 Å². The van der Waals surface area contributed by atoms with Gasteiger partial charge in [-0.05, 0) is 24.3 Å². The number of aryl methyl sites for hydroxylation is 1. The fraction of sp³-hybridized carbons (Fsp3) is 0.364. The van der Waals surface area contributed by atoms with Gasteiger partial charge in [0.05, 0.1) is 0 Å². The number of benzene rings is 1. The molecule has 0 aliphatic rings. The van der Waals surface area contributed by atoms with Crippen molar-refractivity contribution in [2.75, 3.05) is 0 Å². The second kappa shape index (κ2) is 4.17. The zero-order chi connectivity index (χ0) is 8.10. The molecule has 1 aromatic rings. The van der Waals surface area contributed by atoms with Gasteiger partial charge in [-0.15, -0.1) is 0 Å². The normalized spacial score (nSPS) is 10.5. The minimum Gasteiger partial charge on any atom is -0.0625 e. The number of hydrogen-bond donors (Lipinski definition) is 0. The smallest absolute Gasteiger partial charge is 0.0276 e. The minimum absolute atomic E-state index is 0.565. The molecule has 0 aliphatic carbocycles. The Morgan fingerprint density at radius 1 is 1.27 bits per heavy atom. The second-order valence-electron chi connectivity index (χ2n) is 3.13. The van der Waals surface area contributed by atoms with E-state index in [1.807, 2.05) is 0 Å². The Hall–Kier alpha value is -0.780. The fourth-order valence-corrected chi connectivity index (χ4v) is 1.06. The quantitative estimate of drug-likeness (QED) is 0.616. The van der Waals surface area contributed by atoms with Crippen LogP contribution < -0.4 is 0 Å². The van der Waals surface area contributed by atoms with Gasteiger partial charge in [-0.1, -0.05) is 44.2 Å². The first-order chi connectivity index (χ1) is 5.29. The van der Waals surface area contributed by atoms with Gasteiger partial charge in [0.15, 0.2) is 0 Å². The third-order valence-corrected chi connectivity index (χ3v) is 1.77. The van der Waals surface area contributed by atoms with E-state index in [-0.39, 0.29) is 0 Å². The van der Waals surface area contributed by atoms with Gasteiger partial charge < -0.3 is 0 Å². The van der Waals surface area contributed by atoms with Crippen LogP contribution in [0.4, 0.5) is 0 Å². The van der Waals surface area contributed by atoms with Crippen molar-refractivity contribution in [2.24, 2.45) is 5.92 Å². The molecule has 0 amide bonds. The van der Waals surface area contributed by atoms with E-state index in [4.69, 9.17) is 0 Å². The highest BCUT2D eigenvalue weighted by Crippen LogP contribution is 2.07. The molecule has 59 valence electrons. The highest BCUT2D eigenvalue weighted by atomic mass is 14.0. The summed E-state index contributed by atoms with van der Waals surface area (Å²) in [6, 6.07) is 10.6. The third kappa shape index (κ3) is 3.22. The van der Waals surface area contributed by atoms with Crippen LogP contribution in [0.1, 0.15) is 18.9 Å². The SMILES string of the molecule is [CH2]C(C)CCc1ccccc1. The molecular weight excluding hydrogens is 132 g/mol. The van der Waals surface area contributed by atoms with Crippen molar-refractivity contribution in [1.29, 1.82) is 0 Å². The number of rotatable bonds is 3. The van der Waals surface area contributed by atoms with Crippen molar-refractivity contribution in [3.05, 3.63) is 42.8 Å². The monoisotopic (exact) mass is 147 g/mol. The van der Waals surface area contributed by atoms with Crippen molar-refractivity contribution >= 4 is 0 Å². The zero-order valence-electron chi connectivity index (χ0n) is 7.09. The van der Waals surface area contributed by atoms with Crippen LogP contribution in [0.15, 0.2) is 30.3 Å². The van der Waals surface area contributed by atoms with Crippen molar-refractivity contribution in [2.45, 2.75) is 19.8 Å². The molecule has 0 heterocycles. The van der Waals surface area contributed by atoms with Crippen LogP contribution in [0.3, 0.4) is 0 Å². The Kier molecular flexibility index (Phi) is 3.15. The molecule has 0 nitrogen and oxygen atoms in total. The van der Waals surface area contributed by atoms with E-state index in [1.165, 1.54) is 12.0 Å². The van der Waals surface area contributed by atoms with E-state index in [0.717, 1.165) is 6.42 Å². The maximum Gasteiger partial charge on any atom is -0.0276 e. The van der Waals surface area contributed by atoms with Crippen LogP contribution in [0.5, 0.6) is 0 Å². The first-order valence-electron chi connectivity index (χ1n) is 4.16. The van der Waals surface area contributed by atoms with Gasteiger partial charge >= 0.3 is 0 Å². The average molecular weight is 147 g/mol. The summed E-state index contributed by atoms with van der Waals surface area (Å²) in [5.41, 5.74) is 1.42. The van der Waals surface area contributed by atoms with Crippen molar-refractivity contribution in [1.82, 2.24) is 0 Å². The molecule has 0 saturated heterocycles. The van der Waals surface area contributed by atoms with Crippen LogP contribution in [0.25, 0.3) is 0 Å². The minimum atomic E-state index is 0.565.